The van der Waals surface area contributed by atoms with Crippen LogP contribution in [0.5, 0.6) is 0 Å². The van der Waals surface area contributed by atoms with Crippen molar-refractivity contribution in [3.8, 4) is 11.6 Å². The third-order valence-corrected chi connectivity index (χ3v) is 4.41. The van der Waals surface area contributed by atoms with Crippen molar-refractivity contribution in [3.63, 3.8) is 0 Å². The molecular weight excluding hydrogens is 330 g/mol. The zero-order valence-corrected chi connectivity index (χ0v) is 15.5. The standard InChI is InChI=1S/C19H21N5O2/c1-11(2)24-13-9-7-6-8-12(13)23-10-20-14(15(23)17(24)25)16-21-18(22-26-16)19(3,4)5/h6-11H,1-5H3. The molecule has 0 unspecified atom stereocenters. The summed E-state index contributed by atoms with van der Waals surface area (Å²) in [5, 5.41) is 4.06. The quantitative estimate of drug-likeness (QED) is 0.551. The molecule has 0 fully saturated rings. The lowest BCUT2D eigenvalue weighted by molar-refractivity contribution is 0.402. The molecule has 0 saturated heterocycles. The van der Waals surface area contributed by atoms with Crippen molar-refractivity contribution in [3.05, 3.63) is 46.8 Å². The van der Waals surface area contributed by atoms with E-state index in [1.807, 2.05) is 58.9 Å². The summed E-state index contributed by atoms with van der Waals surface area (Å²) in [4.78, 5) is 22.1. The van der Waals surface area contributed by atoms with Gasteiger partial charge in [-0.05, 0) is 26.0 Å². The van der Waals surface area contributed by atoms with Crippen molar-refractivity contribution >= 4 is 16.6 Å². The lowest BCUT2D eigenvalue weighted by Gasteiger charge is -2.15. The second-order valence-corrected chi connectivity index (χ2v) is 7.74. The van der Waals surface area contributed by atoms with Crippen LogP contribution in [-0.4, -0.2) is 24.1 Å². The molecule has 0 amide bonds. The van der Waals surface area contributed by atoms with Gasteiger partial charge in [0.25, 0.3) is 11.4 Å². The number of hydrogen-bond donors (Lipinski definition) is 0. The summed E-state index contributed by atoms with van der Waals surface area (Å²) < 4.78 is 9.00. The molecule has 26 heavy (non-hydrogen) atoms. The Morgan fingerprint density at radius 2 is 1.81 bits per heavy atom. The van der Waals surface area contributed by atoms with Gasteiger partial charge >= 0.3 is 0 Å². The highest BCUT2D eigenvalue weighted by molar-refractivity contribution is 5.83. The molecule has 4 aromatic rings. The predicted octanol–water partition coefficient (Wildman–Crippen LogP) is 3.58. The highest BCUT2D eigenvalue weighted by atomic mass is 16.5. The summed E-state index contributed by atoms with van der Waals surface area (Å²) in [6.07, 6.45) is 1.64. The molecule has 0 aliphatic rings. The highest BCUT2D eigenvalue weighted by Gasteiger charge is 2.25. The van der Waals surface area contributed by atoms with E-state index >= 15 is 0 Å². The number of rotatable bonds is 2. The molecule has 0 spiro atoms. The third kappa shape index (κ3) is 2.34. The summed E-state index contributed by atoms with van der Waals surface area (Å²) >= 11 is 0. The average Bonchev–Trinajstić information content (AvgIpc) is 3.21. The smallest absolute Gasteiger partial charge is 0.279 e. The fraction of sp³-hybridized carbons (Fsp3) is 0.368. The van der Waals surface area contributed by atoms with Crippen molar-refractivity contribution in [2.24, 2.45) is 0 Å². The summed E-state index contributed by atoms with van der Waals surface area (Å²) in [7, 11) is 0. The molecule has 134 valence electrons. The van der Waals surface area contributed by atoms with E-state index in [0.717, 1.165) is 11.0 Å². The molecule has 3 heterocycles. The second-order valence-electron chi connectivity index (χ2n) is 7.74. The predicted molar refractivity (Wildman–Crippen MR) is 99.3 cm³/mol. The molecular formula is C19H21N5O2. The van der Waals surface area contributed by atoms with E-state index in [0.29, 0.717) is 17.0 Å². The van der Waals surface area contributed by atoms with E-state index in [1.165, 1.54) is 0 Å². The minimum atomic E-state index is -0.248. The lowest BCUT2D eigenvalue weighted by atomic mass is 9.96. The molecule has 0 atom stereocenters. The highest BCUT2D eigenvalue weighted by Crippen LogP contribution is 2.26. The van der Waals surface area contributed by atoms with Crippen LogP contribution >= 0.6 is 0 Å². The number of aromatic nitrogens is 5. The Bertz CT molecular complexity index is 1170. The second kappa shape index (κ2) is 5.52. The fourth-order valence-electron chi connectivity index (χ4n) is 3.12. The largest absolute Gasteiger partial charge is 0.332 e. The molecule has 0 radical (unpaired) electrons. The number of fused-ring (bicyclic) bond motifs is 3. The number of nitrogens with zero attached hydrogens (tertiary/aromatic N) is 5. The van der Waals surface area contributed by atoms with Gasteiger partial charge in [0.1, 0.15) is 11.8 Å². The van der Waals surface area contributed by atoms with Crippen molar-refractivity contribution in [2.75, 3.05) is 0 Å². The van der Waals surface area contributed by atoms with E-state index in [4.69, 9.17) is 4.52 Å². The fourth-order valence-corrected chi connectivity index (χ4v) is 3.12. The van der Waals surface area contributed by atoms with Gasteiger partial charge in [-0.1, -0.05) is 38.1 Å². The van der Waals surface area contributed by atoms with Crippen LogP contribution in [-0.2, 0) is 5.41 Å². The molecule has 1 aromatic carbocycles. The Kier molecular flexibility index (Phi) is 3.50. The normalized spacial score (nSPS) is 12.5. The van der Waals surface area contributed by atoms with E-state index in [2.05, 4.69) is 15.1 Å². The van der Waals surface area contributed by atoms with Crippen LogP contribution in [0, 0.1) is 0 Å². The molecule has 7 nitrogen and oxygen atoms in total. The molecule has 7 heteroatoms. The first-order valence-electron chi connectivity index (χ1n) is 8.64. The third-order valence-electron chi connectivity index (χ3n) is 4.41. The van der Waals surface area contributed by atoms with Crippen LogP contribution in [0.4, 0.5) is 0 Å². The summed E-state index contributed by atoms with van der Waals surface area (Å²) in [6, 6.07) is 7.80. The first kappa shape index (κ1) is 16.5. The van der Waals surface area contributed by atoms with Gasteiger partial charge in [-0.2, -0.15) is 4.98 Å². The number of para-hydroxylation sites is 2. The van der Waals surface area contributed by atoms with Crippen LogP contribution < -0.4 is 5.56 Å². The molecule has 0 bridgehead atoms. The Balaban J connectivity index is 2.08. The topological polar surface area (TPSA) is 78.2 Å². The van der Waals surface area contributed by atoms with Gasteiger partial charge in [0, 0.05) is 11.5 Å². The minimum absolute atomic E-state index is 0.00738. The van der Waals surface area contributed by atoms with Crippen molar-refractivity contribution in [2.45, 2.75) is 46.1 Å². The van der Waals surface area contributed by atoms with Crippen molar-refractivity contribution in [1.29, 1.82) is 0 Å². The summed E-state index contributed by atoms with van der Waals surface area (Å²) in [6.45, 7) is 10.0. The minimum Gasteiger partial charge on any atom is -0.332 e. The maximum absolute atomic E-state index is 13.3. The van der Waals surface area contributed by atoms with Gasteiger partial charge in [-0.3, -0.25) is 9.20 Å². The van der Waals surface area contributed by atoms with Gasteiger partial charge in [-0.15, -0.1) is 0 Å². The molecule has 3 aromatic heterocycles. The first-order valence-corrected chi connectivity index (χ1v) is 8.64. The maximum atomic E-state index is 13.3. The zero-order valence-electron chi connectivity index (χ0n) is 15.5. The average molecular weight is 351 g/mol. The first-order chi connectivity index (χ1) is 12.3. The van der Waals surface area contributed by atoms with E-state index in [9.17, 15) is 4.79 Å². The Morgan fingerprint density at radius 3 is 2.42 bits per heavy atom. The Labute approximate surface area is 150 Å². The van der Waals surface area contributed by atoms with Crippen molar-refractivity contribution < 1.29 is 4.52 Å². The molecule has 0 N–H and O–H groups in total. The van der Waals surface area contributed by atoms with Gasteiger partial charge in [0.2, 0.25) is 0 Å². The van der Waals surface area contributed by atoms with Crippen molar-refractivity contribution in [1.82, 2.24) is 24.1 Å². The van der Waals surface area contributed by atoms with Crippen LogP contribution in [0.15, 0.2) is 39.9 Å². The van der Waals surface area contributed by atoms with Crippen LogP contribution in [0.1, 0.15) is 46.5 Å². The SMILES string of the molecule is CC(C)n1c(=O)c2c(-c3nc(C(C)(C)C)no3)ncn2c2ccccc21. The number of hydrogen-bond acceptors (Lipinski definition) is 5. The van der Waals surface area contributed by atoms with Crippen LogP contribution in [0.2, 0.25) is 0 Å². The van der Waals surface area contributed by atoms with Gasteiger partial charge in [-0.25, -0.2) is 4.98 Å². The van der Waals surface area contributed by atoms with Crippen LogP contribution in [0.3, 0.4) is 0 Å². The molecule has 0 aliphatic carbocycles. The monoisotopic (exact) mass is 351 g/mol. The van der Waals surface area contributed by atoms with E-state index < -0.39 is 0 Å². The van der Waals surface area contributed by atoms with Gasteiger partial charge in [0.05, 0.1) is 11.0 Å². The molecule has 0 saturated carbocycles. The maximum Gasteiger partial charge on any atom is 0.279 e. The van der Waals surface area contributed by atoms with E-state index in [1.54, 1.807) is 15.3 Å². The summed E-state index contributed by atoms with van der Waals surface area (Å²) in [5.41, 5.74) is 2.26. The lowest BCUT2D eigenvalue weighted by Crippen LogP contribution is -2.24. The van der Waals surface area contributed by atoms with Crippen LogP contribution in [0.25, 0.3) is 28.1 Å². The summed E-state index contributed by atoms with van der Waals surface area (Å²) in [5.74, 6) is 0.846. The Morgan fingerprint density at radius 1 is 1.12 bits per heavy atom. The van der Waals surface area contributed by atoms with Gasteiger partial charge < -0.3 is 9.09 Å². The van der Waals surface area contributed by atoms with E-state index in [-0.39, 0.29) is 22.9 Å². The number of benzene rings is 1. The van der Waals surface area contributed by atoms with Gasteiger partial charge in [0.15, 0.2) is 11.5 Å². The Hall–Kier alpha value is -2.96. The molecule has 0 aliphatic heterocycles. The zero-order chi connectivity index (χ0) is 18.6. The number of imidazole rings is 1. The molecule has 4 rings (SSSR count).